The molecule has 1 N–H and O–H groups in total. The molecule has 4 aromatic rings. The molecule has 0 spiro atoms. The number of hydrogen-bond donors (Lipinski definition) is 1. The standard InChI is InChI=1S/C24H21N3O5/c1-32-19(28)13-16(20-22(29)25-18-9-2-3-10-26(18)24(20)31)17-12-15-7-4-6-14-8-5-11-27(21(14)15)23(17)30/h2-4,6-7,9-10,12,16,29H,5,8,11,13H2,1H3/t16-/m1/s1. The molecule has 32 heavy (non-hydrogen) atoms. The van der Waals surface area contributed by atoms with Gasteiger partial charge in [-0.05, 0) is 42.0 Å². The average Bonchev–Trinajstić information content (AvgIpc) is 2.80. The number of methoxy groups -OCH3 is 1. The van der Waals surface area contributed by atoms with Crippen LogP contribution in [0.5, 0.6) is 5.88 Å². The first-order valence-corrected chi connectivity index (χ1v) is 10.4. The molecule has 1 aliphatic heterocycles. The van der Waals surface area contributed by atoms with Crippen molar-refractivity contribution in [1.29, 1.82) is 0 Å². The second kappa shape index (κ2) is 7.64. The molecule has 4 heterocycles. The number of aromatic hydroxyl groups is 1. The Bertz CT molecular complexity index is 1500. The third-order valence-electron chi connectivity index (χ3n) is 6.12. The zero-order valence-electron chi connectivity index (χ0n) is 17.4. The van der Waals surface area contributed by atoms with Crippen molar-refractivity contribution in [3.63, 3.8) is 0 Å². The molecule has 0 amide bonds. The number of fused-ring (bicyclic) bond motifs is 1. The maximum absolute atomic E-state index is 13.6. The summed E-state index contributed by atoms with van der Waals surface area (Å²) in [6, 6.07) is 12.5. The topological polar surface area (TPSA) is 103 Å². The summed E-state index contributed by atoms with van der Waals surface area (Å²) in [5.41, 5.74) is 1.58. The first kappa shape index (κ1) is 20.0. The van der Waals surface area contributed by atoms with Gasteiger partial charge in [0.2, 0.25) is 5.88 Å². The Hall–Kier alpha value is -3.94. The zero-order valence-corrected chi connectivity index (χ0v) is 17.4. The Morgan fingerprint density at radius 3 is 2.84 bits per heavy atom. The van der Waals surface area contributed by atoms with Crippen molar-refractivity contribution in [2.45, 2.75) is 31.7 Å². The van der Waals surface area contributed by atoms with E-state index in [-0.39, 0.29) is 28.8 Å². The third-order valence-corrected chi connectivity index (χ3v) is 6.12. The maximum atomic E-state index is 13.6. The van der Waals surface area contributed by atoms with Gasteiger partial charge in [-0.2, -0.15) is 4.98 Å². The maximum Gasteiger partial charge on any atom is 0.306 e. The molecule has 1 aliphatic rings. The molecule has 162 valence electrons. The summed E-state index contributed by atoms with van der Waals surface area (Å²) in [6.07, 6.45) is 2.97. The predicted molar refractivity (Wildman–Crippen MR) is 118 cm³/mol. The lowest BCUT2D eigenvalue weighted by Crippen LogP contribution is -2.32. The number of para-hydroxylation sites is 1. The lowest BCUT2D eigenvalue weighted by atomic mass is 9.88. The van der Waals surface area contributed by atoms with Gasteiger partial charge in [-0.3, -0.25) is 18.8 Å². The highest BCUT2D eigenvalue weighted by molar-refractivity contribution is 5.84. The average molecular weight is 431 g/mol. The number of pyridine rings is 2. The molecule has 0 bridgehead atoms. The monoisotopic (exact) mass is 431 g/mol. The molecule has 0 aliphatic carbocycles. The van der Waals surface area contributed by atoms with Crippen LogP contribution < -0.4 is 11.1 Å². The van der Waals surface area contributed by atoms with Gasteiger partial charge in [-0.25, -0.2) is 0 Å². The van der Waals surface area contributed by atoms with Crippen LogP contribution in [0.4, 0.5) is 0 Å². The fourth-order valence-electron chi connectivity index (χ4n) is 4.65. The van der Waals surface area contributed by atoms with Gasteiger partial charge in [-0.1, -0.05) is 24.3 Å². The number of benzene rings is 1. The quantitative estimate of drug-likeness (QED) is 0.498. The number of aromatic nitrogens is 3. The summed E-state index contributed by atoms with van der Waals surface area (Å²) >= 11 is 0. The van der Waals surface area contributed by atoms with Gasteiger partial charge in [0.25, 0.3) is 11.1 Å². The molecule has 0 unspecified atom stereocenters. The molecule has 0 radical (unpaired) electrons. The highest BCUT2D eigenvalue weighted by Gasteiger charge is 2.30. The van der Waals surface area contributed by atoms with Gasteiger partial charge in [0, 0.05) is 24.2 Å². The van der Waals surface area contributed by atoms with E-state index < -0.39 is 23.3 Å². The Morgan fingerprint density at radius 2 is 2.03 bits per heavy atom. The molecule has 1 atom stereocenters. The Kier molecular flexibility index (Phi) is 4.77. The lowest BCUT2D eigenvalue weighted by molar-refractivity contribution is -0.140. The first-order chi connectivity index (χ1) is 15.5. The molecular weight excluding hydrogens is 410 g/mol. The van der Waals surface area contributed by atoms with Crippen LogP contribution in [-0.4, -0.2) is 32.1 Å². The van der Waals surface area contributed by atoms with E-state index >= 15 is 0 Å². The van der Waals surface area contributed by atoms with Crippen LogP contribution in [0.2, 0.25) is 0 Å². The minimum Gasteiger partial charge on any atom is -0.493 e. The van der Waals surface area contributed by atoms with Crippen molar-refractivity contribution in [3.05, 3.63) is 86.1 Å². The van der Waals surface area contributed by atoms with Gasteiger partial charge in [0.05, 0.1) is 24.6 Å². The number of nitrogens with zero attached hydrogens (tertiary/aromatic N) is 3. The molecular formula is C24H21N3O5. The summed E-state index contributed by atoms with van der Waals surface area (Å²) in [6.45, 7) is 0.548. The molecule has 0 saturated carbocycles. The Balaban J connectivity index is 1.82. The van der Waals surface area contributed by atoms with Gasteiger partial charge < -0.3 is 14.4 Å². The van der Waals surface area contributed by atoms with Crippen LogP contribution in [0.15, 0.2) is 58.3 Å². The van der Waals surface area contributed by atoms with E-state index in [2.05, 4.69) is 4.98 Å². The van der Waals surface area contributed by atoms with E-state index in [0.717, 1.165) is 29.3 Å². The molecule has 0 fully saturated rings. The fourth-order valence-corrected chi connectivity index (χ4v) is 4.65. The second-order valence-corrected chi connectivity index (χ2v) is 7.93. The number of hydrogen-bond acceptors (Lipinski definition) is 6. The number of carbonyl (C=O) groups is 1. The van der Waals surface area contributed by atoms with Gasteiger partial charge in [0.15, 0.2) is 0 Å². The zero-order chi connectivity index (χ0) is 22.4. The van der Waals surface area contributed by atoms with Gasteiger partial charge >= 0.3 is 5.97 Å². The van der Waals surface area contributed by atoms with E-state index in [0.29, 0.717) is 6.54 Å². The van der Waals surface area contributed by atoms with E-state index in [1.807, 2.05) is 18.2 Å². The summed E-state index contributed by atoms with van der Waals surface area (Å²) in [5, 5.41) is 11.6. The first-order valence-electron chi connectivity index (χ1n) is 10.4. The highest BCUT2D eigenvalue weighted by Crippen LogP contribution is 2.32. The molecule has 0 saturated heterocycles. The minimum atomic E-state index is -1.01. The smallest absolute Gasteiger partial charge is 0.306 e. The summed E-state index contributed by atoms with van der Waals surface area (Å²) in [4.78, 5) is 43.3. The Morgan fingerprint density at radius 1 is 1.19 bits per heavy atom. The van der Waals surface area contributed by atoms with Crippen LogP contribution in [-0.2, 0) is 22.5 Å². The number of ether oxygens (including phenoxy) is 1. The van der Waals surface area contributed by atoms with E-state index in [4.69, 9.17) is 4.74 Å². The van der Waals surface area contributed by atoms with Crippen molar-refractivity contribution >= 4 is 22.5 Å². The molecule has 5 rings (SSSR count). The van der Waals surface area contributed by atoms with Gasteiger partial charge in [-0.15, -0.1) is 0 Å². The number of carbonyl (C=O) groups excluding carboxylic acids is 1. The second-order valence-electron chi connectivity index (χ2n) is 7.93. The van der Waals surface area contributed by atoms with Crippen LogP contribution in [0.3, 0.4) is 0 Å². The summed E-state index contributed by atoms with van der Waals surface area (Å²) < 4.78 is 7.84. The Labute approximate surface area is 182 Å². The van der Waals surface area contributed by atoms with Crippen molar-refractivity contribution in [3.8, 4) is 5.88 Å². The number of esters is 1. The normalized spacial score (nSPS) is 13.9. The predicted octanol–water partition coefficient (Wildman–Crippen LogP) is 2.36. The van der Waals surface area contributed by atoms with Crippen molar-refractivity contribution in [2.75, 3.05) is 7.11 Å². The summed E-state index contributed by atoms with van der Waals surface area (Å²) in [5.74, 6) is -2.10. The molecule has 3 aromatic heterocycles. The molecule has 1 aromatic carbocycles. The lowest BCUT2D eigenvalue weighted by Gasteiger charge is -2.23. The van der Waals surface area contributed by atoms with Crippen molar-refractivity contribution < 1.29 is 14.6 Å². The van der Waals surface area contributed by atoms with Crippen molar-refractivity contribution in [1.82, 2.24) is 14.0 Å². The SMILES string of the molecule is COC(=O)C[C@H](c1cc2cccc3c2n(c1=O)CCC3)c1c(O)nc2ccccn2c1=O. The van der Waals surface area contributed by atoms with E-state index in [1.54, 1.807) is 28.8 Å². The largest absolute Gasteiger partial charge is 0.493 e. The van der Waals surface area contributed by atoms with E-state index in [9.17, 15) is 19.5 Å². The fraction of sp³-hybridized carbons (Fsp3) is 0.250. The molecule has 8 heteroatoms. The van der Waals surface area contributed by atoms with Crippen molar-refractivity contribution in [2.24, 2.45) is 0 Å². The summed E-state index contributed by atoms with van der Waals surface area (Å²) in [7, 11) is 1.24. The van der Waals surface area contributed by atoms with Crippen LogP contribution in [0, 0.1) is 0 Å². The van der Waals surface area contributed by atoms with Crippen LogP contribution in [0.1, 0.15) is 35.4 Å². The minimum absolute atomic E-state index is 0.102. The number of rotatable bonds is 4. The van der Waals surface area contributed by atoms with Crippen LogP contribution >= 0.6 is 0 Å². The van der Waals surface area contributed by atoms with E-state index in [1.165, 1.54) is 17.7 Å². The third kappa shape index (κ3) is 3.07. The number of aryl methyl sites for hydroxylation is 2. The van der Waals surface area contributed by atoms with Gasteiger partial charge in [0.1, 0.15) is 5.65 Å². The van der Waals surface area contributed by atoms with Crippen LogP contribution in [0.25, 0.3) is 16.6 Å². The molecule has 8 nitrogen and oxygen atoms in total. The highest BCUT2D eigenvalue weighted by atomic mass is 16.5.